The predicted octanol–water partition coefficient (Wildman–Crippen LogP) is 3.60. The van der Waals surface area contributed by atoms with Gasteiger partial charge in [-0.1, -0.05) is 17.7 Å². The van der Waals surface area contributed by atoms with Crippen molar-refractivity contribution in [1.82, 2.24) is 9.71 Å². The molecule has 0 aliphatic carbocycles. The first-order chi connectivity index (χ1) is 12.9. The van der Waals surface area contributed by atoms with Gasteiger partial charge < -0.3 is 5.32 Å². The summed E-state index contributed by atoms with van der Waals surface area (Å²) in [4.78, 5) is 16.8. The summed E-state index contributed by atoms with van der Waals surface area (Å²) in [6, 6.07) is 12.6. The second kappa shape index (κ2) is 7.87. The summed E-state index contributed by atoms with van der Waals surface area (Å²) >= 11 is 5.97. The highest BCUT2D eigenvalue weighted by molar-refractivity contribution is 7.89. The molecular formula is C19H16ClN3O3S. The summed E-state index contributed by atoms with van der Waals surface area (Å²) in [5, 5.41) is 4.12. The molecule has 8 heteroatoms. The predicted molar refractivity (Wildman–Crippen MR) is 107 cm³/mol. The SMILES string of the molecule is C=CCNS(=O)(=O)c1ccc(C(=O)Nc2ccnc3cc(Cl)ccc23)cc1. The maximum atomic E-state index is 12.5. The van der Waals surface area contributed by atoms with Crippen molar-refractivity contribution in [2.24, 2.45) is 0 Å². The molecule has 0 saturated carbocycles. The highest BCUT2D eigenvalue weighted by Gasteiger charge is 2.14. The third kappa shape index (κ3) is 4.33. The van der Waals surface area contributed by atoms with Crippen LogP contribution in [0.3, 0.4) is 0 Å². The van der Waals surface area contributed by atoms with Gasteiger partial charge >= 0.3 is 0 Å². The molecule has 0 spiro atoms. The van der Waals surface area contributed by atoms with E-state index < -0.39 is 10.0 Å². The van der Waals surface area contributed by atoms with Crippen molar-refractivity contribution in [3.63, 3.8) is 0 Å². The van der Waals surface area contributed by atoms with Gasteiger partial charge in [-0.25, -0.2) is 13.1 Å². The third-order valence-corrected chi connectivity index (χ3v) is 5.47. The minimum absolute atomic E-state index is 0.0740. The summed E-state index contributed by atoms with van der Waals surface area (Å²) in [6.45, 7) is 3.60. The van der Waals surface area contributed by atoms with E-state index in [9.17, 15) is 13.2 Å². The number of pyridine rings is 1. The molecule has 6 nitrogen and oxygen atoms in total. The number of amides is 1. The molecule has 2 aromatic carbocycles. The van der Waals surface area contributed by atoms with Gasteiger partial charge in [0, 0.05) is 28.7 Å². The van der Waals surface area contributed by atoms with Crippen LogP contribution in [0.1, 0.15) is 10.4 Å². The van der Waals surface area contributed by atoms with E-state index in [0.29, 0.717) is 21.8 Å². The zero-order chi connectivity index (χ0) is 19.4. The monoisotopic (exact) mass is 401 g/mol. The van der Waals surface area contributed by atoms with Crippen LogP contribution < -0.4 is 10.0 Å². The van der Waals surface area contributed by atoms with Gasteiger partial charge in [0.25, 0.3) is 5.91 Å². The number of benzene rings is 2. The Labute approximate surface area is 161 Å². The molecular weight excluding hydrogens is 386 g/mol. The quantitative estimate of drug-likeness (QED) is 0.617. The first-order valence-corrected chi connectivity index (χ1v) is 9.83. The van der Waals surface area contributed by atoms with Crippen LogP contribution in [0.4, 0.5) is 5.69 Å². The van der Waals surface area contributed by atoms with Crippen LogP contribution in [0.15, 0.2) is 72.3 Å². The van der Waals surface area contributed by atoms with Crippen molar-refractivity contribution in [3.05, 3.63) is 78.0 Å². The van der Waals surface area contributed by atoms with Crippen molar-refractivity contribution in [3.8, 4) is 0 Å². The van der Waals surface area contributed by atoms with Crippen LogP contribution in [0, 0.1) is 0 Å². The number of sulfonamides is 1. The number of nitrogens with zero attached hydrogens (tertiary/aromatic N) is 1. The van der Waals surface area contributed by atoms with Crippen LogP contribution in [-0.2, 0) is 10.0 Å². The van der Waals surface area contributed by atoms with Crippen molar-refractivity contribution in [2.75, 3.05) is 11.9 Å². The fraction of sp³-hybridized carbons (Fsp3) is 0.0526. The van der Waals surface area contributed by atoms with Gasteiger partial charge in [0.2, 0.25) is 10.0 Å². The number of rotatable bonds is 6. The van der Waals surface area contributed by atoms with E-state index in [1.165, 1.54) is 30.3 Å². The summed E-state index contributed by atoms with van der Waals surface area (Å²) in [5.74, 6) is -0.361. The zero-order valence-electron chi connectivity index (χ0n) is 14.1. The fourth-order valence-corrected chi connectivity index (χ4v) is 3.63. The lowest BCUT2D eigenvalue weighted by Crippen LogP contribution is -2.23. The van der Waals surface area contributed by atoms with E-state index in [-0.39, 0.29) is 17.3 Å². The molecule has 0 atom stereocenters. The largest absolute Gasteiger partial charge is 0.321 e. The molecule has 138 valence electrons. The summed E-state index contributed by atoms with van der Waals surface area (Å²) in [7, 11) is -3.63. The van der Waals surface area contributed by atoms with Gasteiger partial charge in [-0.15, -0.1) is 6.58 Å². The van der Waals surface area contributed by atoms with Crippen molar-refractivity contribution < 1.29 is 13.2 Å². The maximum absolute atomic E-state index is 12.5. The second-order valence-electron chi connectivity index (χ2n) is 5.64. The molecule has 0 aliphatic rings. The minimum Gasteiger partial charge on any atom is -0.321 e. The number of hydrogen-bond acceptors (Lipinski definition) is 4. The van der Waals surface area contributed by atoms with Crippen molar-refractivity contribution >= 4 is 44.1 Å². The molecule has 1 aromatic heterocycles. The molecule has 0 fully saturated rings. The molecule has 0 radical (unpaired) electrons. The lowest BCUT2D eigenvalue weighted by Gasteiger charge is -2.09. The normalized spacial score (nSPS) is 11.3. The zero-order valence-corrected chi connectivity index (χ0v) is 15.7. The lowest BCUT2D eigenvalue weighted by atomic mass is 10.1. The van der Waals surface area contributed by atoms with Gasteiger partial charge in [0.05, 0.1) is 16.1 Å². The average Bonchev–Trinajstić information content (AvgIpc) is 2.66. The van der Waals surface area contributed by atoms with Crippen LogP contribution >= 0.6 is 11.6 Å². The first-order valence-electron chi connectivity index (χ1n) is 7.97. The Morgan fingerprint density at radius 1 is 1.15 bits per heavy atom. The summed E-state index contributed by atoms with van der Waals surface area (Å²) in [5.41, 5.74) is 1.58. The number of aromatic nitrogens is 1. The second-order valence-corrected chi connectivity index (χ2v) is 7.84. The Morgan fingerprint density at radius 3 is 2.59 bits per heavy atom. The van der Waals surface area contributed by atoms with E-state index >= 15 is 0 Å². The van der Waals surface area contributed by atoms with E-state index in [0.717, 1.165) is 5.39 Å². The number of fused-ring (bicyclic) bond motifs is 1. The lowest BCUT2D eigenvalue weighted by molar-refractivity contribution is 0.102. The smallest absolute Gasteiger partial charge is 0.255 e. The van der Waals surface area contributed by atoms with Crippen LogP contribution in [0.25, 0.3) is 10.9 Å². The summed E-state index contributed by atoms with van der Waals surface area (Å²) in [6.07, 6.45) is 3.03. The van der Waals surface area contributed by atoms with Gasteiger partial charge in [-0.2, -0.15) is 0 Å². The maximum Gasteiger partial charge on any atom is 0.255 e. The number of carbonyl (C=O) groups excluding carboxylic acids is 1. The Balaban J connectivity index is 1.82. The fourth-order valence-electron chi connectivity index (χ4n) is 2.46. The van der Waals surface area contributed by atoms with E-state index in [1.807, 2.05) is 0 Å². The molecule has 3 rings (SSSR count). The third-order valence-electron chi connectivity index (χ3n) is 3.80. The number of nitrogens with one attached hydrogen (secondary N) is 2. The highest BCUT2D eigenvalue weighted by atomic mass is 35.5. The molecule has 0 bridgehead atoms. The first kappa shape index (κ1) is 19.0. The molecule has 1 heterocycles. The van der Waals surface area contributed by atoms with E-state index in [1.54, 1.807) is 30.5 Å². The minimum atomic E-state index is -3.63. The molecule has 0 saturated heterocycles. The van der Waals surface area contributed by atoms with E-state index in [4.69, 9.17) is 11.6 Å². The van der Waals surface area contributed by atoms with Gasteiger partial charge in [-0.05, 0) is 48.5 Å². The molecule has 0 aliphatic heterocycles. The van der Waals surface area contributed by atoms with Crippen LogP contribution in [0.2, 0.25) is 5.02 Å². The number of carbonyl (C=O) groups is 1. The Bertz CT molecular complexity index is 1110. The molecule has 3 aromatic rings. The van der Waals surface area contributed by atoms with E-state index in [2.05, 4.69) is 21.6 Å². The van der Waals surface area contributed by atoms with Gasteiger partial charge in [0.15, 0.2) is 0 Å². The Morgan fingerprint density at radius 2 is 1.89 bits per heavy atom. The average molecular weight is 402 g/mol. The van der Waals surface area contributed by atoms with Crippen molar-refractivity contribution in [2.45, 2.75) is 4.90 Å². The summed E-state index contributed by atoms with van der Waals surface area (Å²) < 4.78 is 26.5. The number of anilines is 1. The Kier molecular flexibility index (Phi) is 5.55. The topological polar surface area (TPSA) is 88.2 Å². The highest BCUT2D eigenvalue weighted by Crippen LogP contribution is 2.25. The molecule has 27 heavy (non-hydrogen) atoms. The standard InChI is InChI=1S/C19H16ClN3O3S/c1-2-10-22-27(25,26)15-6-3-13(4-7-15)19(24)23-17-9-11-21-18-12-14(20)5-8-16(17)18/h2-9,11-12,22H,1,10H2,(H,21,23,24). The molecule has 0 unspecified atom stereocenters. The molecule has 1 amide bonds. The van der Waals surface area contributed by atoms with Crippen LogP contribution in [-0.4, -0.2) is 25.9 Å². The van der Waals surface area contributed by atoms with Gasteiger partial charge in [-0.3, -0.25) is 9.78 Å². The van der Waals surface area contributed by atoms with Crippen LogP contribution in [0.5, 0.6) is 0 Å². The van der Waals surface area contributed by atoms with Gasteiger partial charge in [0.1, 0.15) is 0 Å². The number of halogens is 1. The van der Waals surface area contributed by atoms with Crippen molar-refractivity contribution in [1.29, 1.82) is 0 Å². The number of hydrogen-bond donors (Lipinski definition) is 2. The Hall–Kier alpha value is -2.74. The molecule has 2 N–H and O–H groups in total.